The lowest BCUT2D eigenvalue weighted by Gasteiger charge is -2.11. The topological polar surface area (TPSA) is 74.6 Å². The van der Waals surface area contributed by atoms with Crippen LogP contribution in [0.25, 0.3) is 0 Å². The highest BCUT2D eigenvalue weighted by Gasteiger charge is 2.24. The van der Waals surface area contributed by atoms with Crippen molar-refractivity contribution in [3.63, 3.8) is 0 Å². The van der Waals surface area contributed by atoms with E-state index in [2.05, 4.69) is 0 Å². The van der Waals surface area contributed by atoms with E-state index in [1.165, 1.54) is 12.1 Å². The highest BCUT2D eigenvalue weighted by molar-refractivity contribution is 6.31. The molecule has 0 fully saturated rings. The zero-order valence-corrected chi connectivity index (χ0v) is 8.44. The Kier molecular flexibility index (Phi) is 3.68. The standard InChI is InChI=1S/C10H9ClO4/c11-8-4-2-1-3-6(8)7(10(14)15)5-9(12)13/h1-4,7H,5H2,(H,12,13)(H,14,15)/t7-/m1/s1. The van der Waals surface area contributed by atoms with Crippen LogP contribution >= 0.6 is 11.6 Å². The number of hydrogen-bond acceptors (Lipinski definition) is 2. The molecule has 5 heteroatoms. The number of aliphatic carboxylic acids is 2. The molecule has 0 aromatic heterocycles. The average Bonchev–Trinajstić information content (AvgIpc) is 2.15. The molecule has 0 spiro atoms. The predicted octanol–water partition coefficient (Wildman–Crippen LogP) is 1.98. The van der Waals surface area contributed by atoms with E-state index in [1.807, 2.05) is 0 Å². The van der Waals surface area contributed by atoms with E-state index in [-0.39, 0.29) is 5.02 Å². The van der Waals surface area contributed by atoms with Crippen LogP contribution in [0.15, 0.2) is 24.3 Å². The van der Waals surface area contributed by atoms with Crippen molar-refractivity contribution in [1.82, 2.24) is 0 Å². The normalized spacial score (nSPS) is 12.1. The fourth-order valence-corrected chi connectivity index (χ4v) is 1.53. The molecule has 0 aliphatic heterocycles. The van der Waals surface area contributed by atoms with Crippen molar-refractivity contribution in [3.8, 4) is 0 Å². The van der Waals surface area contributed by atoms with Gasteiger partial charge in [-0.15, -0.1) is 0 Å². The van der Waals surface area contributed by atoms with Gasteiger partial charge in [0.2, 0.25) is 0 Å². The van der Waals surface area contributed by atoms with E-state index in [1.54, 1.807) is 12.1 Å². The van der Waals surface area contributed by atoms with Gasteiger partial charge in [-0.2, -0.15) is 0 Å². The summed E-state index contributed by atoms with van der Waals surface area (Å²) in [5.74, 6) is -3.45. The van der Waals surface area contributed by atoms with Crippen LogP contribution in [0.1, 0.15) is 17.9 Å². The number of benzene rings is 1. The lowest BCUT2D eigenvalue weighted by Crippen LogP contribution is -2.16. The largest absolute Gasteiger partial charge is 0.481 e. The molecule has 0 radical (unpaired) electrons. The second kappa shape index (κ2) is 4.79. The molecular formula is C10H9ClO4. The maximum absolute atomic E-state index is 10.9. The number of rotatable bonds is 4. The first-order valence-electron chi connectivity index (χ1n) is 4.21. The highest BCUT2D eigenvalue weighted by atomic mass is 35.5. The number of carboxylic acids is 2. The Morgan fingerprint density at radius 1 is 1.27 bits per heavy atom. The van der Waals surface area contributed by atoms with Crippen molar-refractivity contribution >= 4 is 23.5 Å². The van der Waals surface area contributed by atoms with Crippen molar-refractivity contribution in [2.75, 3.05) is 0 Å². The van der Waals surface area contributed by atoms with Gasteiger partial charge in [-0.3, -0.25) is 9.59 Å². The Hall–Kier alpha value is -1.55. The first-order valence-corrected chi connectivity index (χ1v) is 4.59. The number of carboxylic acid groups (broad SMARTS) is 2. The summed E-state index contributed by atoms with van der Waals surface area (Å²) in [4.78, 5) is 21.4. The van der Waals surface area contributed by atoms with Gasteiger partial charge in [0.15, 0.2) is 0 Å². The third kappa shape index (κ3) is 2.95. The molecule has 80 valence electrons. The van der Waals surface area contributed by atoms with Crippen LogP contribution < -0.4 is 0 Å². The molecule has 1 aromatic carbocycles. The fourth-order valence-electron chi connectivity index (χ4n) is 1.26. The number of halogens is 1. The second-order valence-corrected chi connectivity index (χ2v) is 3.42. The molecular weight excluding hydrogens is 220 g/mol. The summed E-state index contributed by atoms with van der Waals surface area (Å²) in [7, 11) is 0. The molecule has 0 bridgehead atoms. The van der Waals surface area contributed by atoms with Gasteiger partial charge in [-0.05, 0) is 11.6 Å². The van der Waals surface area contributed by atoms with Crippen LogP contribution in [-0.4, -0.2) is 22.2 Å². The van der Waals surface area contributed by atoms with Crippen molar-refractivity contribution < 1.29 is 19.8 Å². The smallest absolute Gasteiger partial charge is 0.311 e. The number of hydrogen-bond donors (Lipinski definition) is 2. The van der Waals surface area contributed by atoms with E-state index in [0.717, 1.165) is 0 Å². The third-order valence-electron chi connectivity index (χ3n) is 1.96. The lowest BCUT2D eigenvalue weighted by molar-refractivity contribution is -0.145. The minimum atomic E-state index is -1.19. The zero-order valence-electron chi connectivity index (χ0n) is 7.68. The molecule has 0 saturated carbocycles. The summed E-state index contributed by atoms with van der Waals surface area (Å²) in [6, 6.07) is 6.34. The van der Waals surface area contributed by atoms with Crippen LogP contribution in [0.3, 0.4) is 0 Å². The zero-order chi connectivity index (χ0) is 11.4. The maximum Gasteiger partial charge on any atom is 0.311 e. The van der Waals surface area contributed by atoms with Crippen LogP contribution in [-0.2, 0) is 9.59 Å². The summed E-state index contributed by atoms with van der Waals surface area (Å²) in [5, 5.41) is 17.7. The van der Waals surface area contributed by atoms with Gasteiger partial charge in [-0.25, -0.2) is 0 Å². The first kappa shape index (κ1) is 11.5. The summed E-state index contributed by atoms with van der Waals surface area (Å²) >= 11 is 5.79. The van der Waals surface area contributed by atoms with Crippen LogP contribution in [0.4, 0.5) is 0 Å². The predicted molar refractivity (Wildman–Crippen MR) is 54.1 cm³/mol. The molecule has 1 atom stereocenters. The summed E-state index contributed by atoms with van der Waals surface area (Å²) < 4.78 is 0. The van der Waals surface area contributed by atoms with Gasteiger partial charge in [0.05, 0.1) is 12.3 Å². The molecule has 1 aromatic rings. The van der Waals surface area contributed by atoms with Gasteiger partial charge in [0.25, 0.3) is 0 Å². The minimum absolute atomic E-state index is 0.270. The minimum Gasteiger partial charge on any atom is -0.481 e. The maximum atomic E-state index is 10.9. The van der Waals surface area contributed by atoms with Gasteiger partial charge in [0, 0.05) is 5.02 Å². The van der Waals surface area contributed by atoms with E-state index < -0.39 is 24.3 Å². The summed E-state index contributed by atoms with van der Waals surface area (Å²) in [5.41, 5.74) is 0.328. The van der Waals surface area contributed by atoms with Crippen molar-refractivity contribution in [2.24, 2.45) is 0 Å². The van der Waals surface area contributed by atoms with Gasteiger partial charge >= 0.3 is 11.9 Å². The molecule has 0 saturated heterocycles. The monoisotopic (exact) mass is 228 g/mol. The summed E-state index contributed by atoms with van der Waals surface area (Å²) in [6.07, 6.45) is -0.473. The molecule has 0 unspecified atom stereocenters. The summed E-state index contributed by atoms with van der Waals surface area (Å²) in [6.45, 7) is 0. The molecule has 0 aliphatic rings. The van der Waals surface area contributed by atoms with E-state index in [9.17, 15) is 9.59 Å². The van der Waals surface area contributed by atoms with Gasteiger partial charge < -0.3 is 10.2 Å². The van der Waals surface area contributed by atoms with Crippen molar-refractivity contribution in [1.29, 1.82) is 0 Å². The molecule has 0 amide bonds. The molecule has 2 N–H and O–H groups in total. The molecule has 0 aliphatic carbocycles. The molecule has 1 rings (SSSR count). The Labute approximate surface area is 91.1 Å². The Morgan fingerprint density at radius 2 is 1.87 bits per heavy atom. The SMILES string of the molecule is O=C(O)C[C@@H](C(=O)O)c1ccccc1Cl. The van der Waals surface area contributed by atoms with Gasteiger partial charge in [-0.1, -0.05) is 29.8 Å². The first-order chi connectivity index (χ1) is 7.02. The van der Waals surface area contributed by atoms with E-state index in [0.29, 0.717) is 5.56 Å². The van der Waals surface area contributed by atoms with Crippen LogP contribution in [0, 0.1) is 0 Å². The highest BCUT2D eigenvalue weighted by Crippen LogP contribution is 2.27. The second-order valence-electron chi connectivity index (χ2n) is 3.01. The average molecular weight is 229 g/mol. The van der Waals surface area contributed by atoms with Gasteiger partial charge in [0.1, 0.15) is 0 Å². The van der Waals surface area contributed by atoms with Crippen molar-refractivity contribution in [3.05, 3.63) is 34.9 Å². The van der Waals surface area contributed by atoms with E-state index >= 15 is 0 Å². The number of carbonyl (C=O) groups is 2. The van der Waals surface area contributed by atoms with Crippen LogP contribution in [0.2, 0.25) is 5.02 Å². The Bertz CT molecular complexity index is 389. The Balaban J connectivity index is 3.04. The fraction of sp³-hybridized carbons (Fsp3) is 0.200. The van der Waals surface area contributed by atoms with Crippen molar-refractivity contribution in [2.45, 2.75) is 12.3 Å². The van der Waals surface area contributed by atoms with Crippen LogP contribution in [0.5, 0.6) is 0 Å². The quantitative estimate of drug-likeness (QED) is 0.826. The Morgan fingerprint density at radius 3 is 2.33 bits per heavy atom. The third-order valence-corrected chi connectivity index (χ3v) is 2.30. The molecule has 15 heavy (non-hydrogen) atoms. The molecule has 0 heterocycles. The lowest BCUT2D eigenvalue weighted by atomic mass is 9.96. The van der Waals surface area contributed by atoms with E-state index in [4.69, 9.17) is 21.8 Å². The molecule has 4 nitrogen and oxygen atoms in total.